The zero-order valence-corrected chi connectivity index (χ0v) is 12.2. The maximum absolute atomic E-state index is 11.3. The number of hydrogen-bond acceptors (Lipinski definition) is 3. The highest BCUT2D eigenvalue weighted by molar-refractivity contribution is 8.13. The largest absolute Gasteiger partial charge is 0.268 e. The lowest BCUT2D eigenvalue weighted by molar-refractivity contribution is 0.562. The number of hydrogen-bond donors (Lipinski definition) is 0. The minimum atomic E-state index is -3.70. The van der Waals surface area contributed by atoms with Gasteiger partial charge in [0, 0.05) is 17.2 Å². The van der Waals surface area contributed by atoms with Gasteiger partial charge in [-0.25, -0.2) is 8.42 Å². The summed E-state index contributed by atoms with van der Waals surface area (Å²) >= 11 is 0. The van der Waals surface area contributed by atoms with Crippen LogP contribution in [0.2, 0.25) is 0 Å². The summed E-state index contributed by atoms with van der Waals surface area (Å²) in [4.78, 5) is 0.0916. The molecule has 0 atom stereocenters. The average Bonchev–Trinajstić information content (AvgIpc) is 2.72. The van der Waals surface area contributed by atoms with Crippen molar-refractivity contribution in [3.63, 3.8) is 0 Å². The molecule has 19 heavy (non-hydrogen) atoms. The molecule has 0 aliphatic rings. The Bertz CT molecular complexity index is 651. The summed E-state index contributed by atoms with van der Waals surface area (Å²) in [5.74, 6) is 0. The molecular formula is C13H15ClN2O2S. The van der Waals surface area contributed by atoms with Gasteiger partial charge in [-0.3, -0.25) is 4.68 Å². The van der Waals surface area contributed by atoms with Gasteiger partial charge in [0.25, 0.3) is 9.05 Å². The Hall–Kier alpha value is -1.33. The lowest BCUT2D eigenvalue weighted by atomic mass is 10.1. The van der Waals surface area contributed by atoms with Crippen molar-refractivity contribution in [2.24, 2.45) is 0 Å². The third kappa shape index (κ3) is 3.58. The van der Waals surface area contributed by atoms with E-state index in [1.165, 1.54) is 11.8 Å². The van der Waals surface area contributed by atoms with Gasteiger partial charge in [0.1, 0.15) is 4.90 Å². The average molecular weight is 299 g/mol. The third-order valence-electron chi connectivity index (χ3n) is 3.00. The second kappa shape index (κ2) is 5.75. The molecule has 2 aromatic rings. The lowest BCUT2D eigenvalue weighted by Gasteiger charge is -2.05. The molecule has 4 nitrogen and oxygen atoms in total. The van der Waals surface area contributed by atoms with Gasteiger partial charge in [-0.15, -0.1) is 0 Å². The van der Waals surface area contributed by atoms with Crippen LogP contribution < -0.4 is 0 Å². The monoisotopic (exact) mass is 298 g/mol. The Morgan fingerprint density at radius 2 is 1.95 bits per heavy atom. The summed E-state index contributed by atoms with van der Waals surface area (Å²) in [6.07, 6.45) is 3.14. The van der Waals surface area contributed by atoms with Gasteiger partial charge in [-0.2, -0.15) is 5.10 Å². The van der Waals surface area contributed by atoms with E-state index in [0.29, 0.717) is 12.2 Å². The third-order valence-corrected chi connectivity index (χ3v) is 4.42. The fraction of sp³-hybridized carbons (Fsp3) is 0.308. The van der Waals surface area contributed by atoms with Gasteiger partial charge in [-0.05, 0) is 25.3 Å². The summed E-state index contributed by atoms with van der Waals surface area (Å²) in [5, 5.41) is 4.07. The van der Waals surface area contributed by atoms with Crippen LogP contribution in [0.3, 0.4) is 0 Å². The van der Waals surface area contributed by atoms with Crippen LogP contribution >= 0.6 is 10.7 Å². The van der Waals surface area contributed by atoms with E-state index < -0.39 is 9.05 Å². The van der Waals surface area contributed by atoms with Crippen molar-refractivity contribution in [1.29, 1.82) is 0 Å². The van der Waals surface area contributed by atoms with Crippen molar-refractivity contribution in [3.8, 4) is 0 Å². The van der Waals surface area contributed by atoms with E-state index in [1.807, 2.05) is 18.2 Å². The fourth-order valence-electron chi connectivity index (χ4n) is 1.97. The highest BCUT2D eigenvalue weighted by atomic mass is 35.7. The van der Waals surface area contributed by atoms with E-state index in [9.17, 15) is 8.42 Å². The smallest absolute Gasteiger partial charge is 0.264 e. The molecule has 0 bridgehead atoms. The predicted molar refractivity (Wildman–Crippen MR) is 74.8 cm³/mol. The molecule has 0 spiro atoms. The molecule has 0 saturated heterocycles. The second-order valence-electron chi connectivity index (χ2n) is 4.34. The van der Waals surface area contributed by atoms with Crippen LogP contribution in [0.15, 0.2) is 41.4 Å². The van der Waals surface area contributed by atoms with Crippen LogP contribution in [-0.4, -0.2) is 18.2 Å². The number of rotatable bonds is 5. The molecule has 1 heterocycles. The molecule has 102 valence electrons. The summed E-state index contributed by atoms with van der Waals surface area (Å²) in [6.45, 7) is 2.39. The summed E-state index contributed by atoms with van der Waals surface area (Å²) in [6, 6.07) is 10.1. The van der Waals surface area contributed by atoms with Crippen molar-refractivity contribution < 1.29 is 8.42 Å². The molecule has 0 unspecified atom stereocenters. The first kappa shape index (κ1) is 14.1. The predicted octanol–water partition coefficient (Wildman–Crippen LogP) is 2.75. The number of aryl methyl sites for hydroxylation is 2. The standard InChI is InChI=1S/C13H15ClN2O2S/c1-11-13(19(14,17)18)10-15-16(11)9-5-8-12-6-3-2-4-7-12/h2-4,6-7,10H,5,8-9H2,1H3. The molecular weight excluding hydrogens is 284 g/mol. The molecule has 0 aliphatic carbocycles. The van der Waals surface area contributed by atoms with Crippen molar-refractivity contribution in [2.45, 2.75) is 31.2 Å². The summed E-state index contributed by atoms with van der Waals surface area (Å²) < 4.78 is 24.2. The van der Waals surface area contributed by atoms with E-state index >= 15 is 0 Å². The maximum atomic E-state index is 11.3. The lowest BCUT2D eigenvalue weighted by Crippen LogP contribution is -2.04. The first-order valence-electron chi connectivity index (χ1n) is 5.99. The van der Waals surface area contributed by atoms with Crippen LogP contribution in [0.5, 0.6) is 0 Å². The minimum absolute atomic E-state index is 0.0916. The Morgan fingerprint density at radius 3 is 2.53 bits per heavy atom. The van der Waals surface area contributed by atoms with Crippen molar-refractivity contribution >= 4 is 19.7 Å². The van der Waals surface area contributed by atoms with Crippen molar-refractivity contribution in [2.75, 3.05) is 0 Å². The van der Waals surface area contributed by atoms with Crippen LogP contribution in [-0.2, 0) is 22.0 Å². The Balaban J connectivity index is 2.00. The molecule has 0 aliphatic heterocycles. The van der Waals surface area contributed by atoms with Crippen LogP contribution in [0, 0.1) is 6.92 Å². The zero-order chi connectivity index (χ0) is 13.9. The quantitative estimate of drug-likeness (QED) is 0.798. The number of benzene rings is 1. The minimum Gasteiger partial charge on any atom is -0.268 e. The molecule has 0 radical (unpaired) electrons. The first-order chi connectivity index (χ1) is 8.98. The van der Waals surface area contributed by atoms with E-state index in [1.54, 1.807) is 11.6 Å². The summed E-state index contributed by atoms with van der Waals surface area (Å²) in [7, 11) is 1.63. The van der Waals surface area contributed by atoms with E-state index in [-0.39, 0.29) is 4.90 Å². The highest BCUT2D eigenvalue weighted by Gasteiger charge is 2.17. The molecule has 0 amide bonds. The normalized spacial score (nSPS) is 11.7. The number of halogens is 1. The Kier molecular flexibility index (Phi) is 4.27. The van der Waals surface area contributed by atoms with Gasteiger partial charge in [0.2, 0.25) is 0 Å². The van der Waals surface area contributed by atoms with Crippen LogP contribution in [0.1, 0.15) is 17.7 Å². The van der Waals surface area contributed by atoms with Gasteiger partial charge >= 0.3 is 0 Å². The Labute approximate surface area is 117 Å². The van der Waals surface area contributed by atoms with Crippen LogP contribution in [0.4, 0.5) is 0 Å². The molecule has 1 aromatic heterocycles. The molecule has 6 heteroatoms. The molecule has 1 aromatic carbocycles. The van der Waals surface area contributed by atoms with Gasteiger partial charge in [0.15, 0.2) is 0 Å². The fourth-order valence-corrected chi connectivity index (χ4v) is 3.06. The Morgan fingerprint density at radius 1 is 1.26 bits per heavy atom. The second-order valence-corrected chi connectivity index (χ2v) is 6.88. The summed E-state index contributed by atoms with van der Waals surface area (Å²) in [5.41, 5.74) is 1.85. The molecule has 2 rings (SSSR count). The highest BCUT2D eigenvalue weighted by Crippen LogP contribution is 2.19. The maximum Gasteiger partial charge on any atom is 0.264 e. The SMILES string of the molecule is Cc1c(S(=O)(=O)Cl)cnn1CCCc1ccccc1. The zero-order valence-electron chi connectivity index (χ0n) is 10.6. The van der Waals surface area contributed by atoms with E-state index in [4.69, 9.17) is 10.7 Å². The molecule has 0 saturated carbocycles. The topological polar surface area (TPSA) is 52.0 Å². The molecule has 0 fully saturated rings. The number of aromatic nitrogens is 2. The first-order valence-corrected chi connectivity index (χ1v) is 8.30. The van der Waals surface area contributed by atoms with Crippen molar-refractivity contribution in [3.05, 3.63) is 47.8 Å². The van der Waals surface area contributed by atoms with Gasteiger partial charge in [0.05, 0.1) is 11.9 Å². The van der Waals surface area contributed by atoms with Gasteiger partial charge < -0.3 is 0 Å². The van der Waals surface area contributed by atoms with Crippen molar-refractivity contribution in [1.82, 2.24) is 9.78 Å². The molecule has 0 N–H and O–H groups in total. The van der Waals surface area contributed by atoms with Gasteiger partial charge in [-0.1, -0.05) is 30.3 Å². The van der Waals surface area contributed by atoms with Crippen LogP contribution in [0.25, 0.3) is 0 Å². The number of nitrogens with zero attached hydrogens (tertiary/aromatic N) is 2. The van der Waals surface area contributed by atoms with E-state index in [2.05, 4.69) is 17.2 Å². The van der Waals surface area contributed by atoms with E-state index in [0.717, 1.165) is 12.8 Å².